The molecule has 1 N–H and O–H groups in total. The fourth-order valence-electron chi connectivity index (χ4n) is 2.83. The number of aryl methyl sites for hydroxylation is 1. The van der Waals surface area contributed by atoms with Crippen LogP contribution in [0.25, 0.3) is 0 Å². The maximum atomic E-state index is 3.88. The van der Waals surface area contributed by atoms with Crippen molar-refractivity contribution < 1.29 is 0 Å². The van der Waals surface area contributed by atoms with Gasteiger partial charge in [0.2, 0.25) is 0 Å². The molecule has 1 nitrogen and oxygen atoms in total. The molecule has 4 heteroatoms. The first kappa shape index (κ1) is 14.9. The number of alkyl halides is 2. The van der Waals surface area contributed by atoms with Crippen molar-refractivity contribution in [3.8, 4) is 0 Å². The summed E-state index contributed by atoms with van der Waals surface area (Å²) in [7, 11) is 2.01. The van der Waals surface area contributed by atoms with Crippen molar-refractivity contribution in [3.05, 3.63) is 27.7 Å². The van der Waals surface area contributed by atoms with Crippen molar-refractivity contribution in [2.45, 2.75) is 41.8 Å². The van der Waals surface area contributed by atoms with E-state index in [2.05, 4.69) is 72.2 Å². The van der Waals surface area contributed by atoms with Gasteiger partial charge in [0.05, 0.1) is 0 Å². The van der Waals surface area contributed by atoms with E-state index in [-0.39, 0.29) is 0 Å². The molecule has 1 aromatic rings. The maximum absolute atomic E-state index is 3.88. The summed E-state index contributed by atoms with van der Waals surface area (Å²) in [5.41, 5.74) is 4.02. The Morgan fingerprint density at radius 3 is 2.61 bits per heavy atom. The number of nitrogens with one attached hydrogen (secondary N) is 1. The van der Waals surface area contributed by atoms with Crippen LogP contribution in [-0.4, -0.2) is 16.7 Å². The topological polar surface area (TPSA) is 12.0 Å². The fraction of sp³-hybridized carbons (Fsp3) is 0.571. The standard InChI is InChI=1S/C14H18Br3N/c1-8-6-9(15)7-11(14(8)18-2)10-4-3-5-12(16)13(10)17/h6-7,10,12-13,18H,3-5H2,1-2H3. The van der Waals surface area contributed by atoms with E-state index < -0.39 is 0 Å². The summed E-state index contributed by atoms with van der Waals surface area (Å²) in [6.07, 6.45) is 3.80. The van der Waals surface area contributed by atoms with Crippen molar-refractivity contribution >= 4 is 53.5 Å². The Balaban J connectivity index is 2.43. The van der Waals surface area contributed by atoms with Gasteiger partial charge in [0.1, 0.15) is 0 Å². The molecule has 0 radical (unpaired) electrons. The third-order valence-electron chi connectivity index (χ3n) is 3.71. The number of halogens is 3. The van der Waals surface area contributed by atoms with E-state index in [9.17, 15) is 0 Å². The predicted molar refractivity (Wildman–Crippen MR) is 90.4 cm³/mol. The third kappa shape index (κ3) is 2.96. The first-order chi connectivity index (χ1) is 8.54. The molecule has 1 saturated carbocycles. The highest BCUT2D eigenvalue weighted by Gasteiger charge is 2.32. The molecule has 0 aliphatic heterocycles. The minimum absolute atomic E-state index is 0.507. The van der Waals surface area contributed by atoms with Gasteiger partial charge in [-0.05, 0) is 48.9 Å². The molecular weight excluding hydrogens is 422 g/mol. The van der Waals surface area contributed by atoms with Gasteiger partial charge in [-0.3, -0.25) is 0 Å². The van der Waals surface area contributed by atoms with Crippen molar-refractivity contribution in [3.63, 3.8) is 0 Å². The zero-order valence-electron chi connectivity index (χ0n) is 10.6. The molecule has 1 aliphatic rings. The van der Waals surface area contributed by atoms with E-state index in [1.165, 1.54) is 40.5 Å². The summed E-state index contributed by atoms with van der Waals surface area (Å²) in [5.74, 6) is 0.571. The van der Waals surface area contributed by atoms with E-state index >= 15 is 0 Å². The highest BCUT2D eigenvalue weighted by molar-refractivity contribution is 9.12. The highest BCUT2D eigenvalue weighted by Crippen LogP contribution is 2.44. The molecule has 1 aliphatic carbocycles. The van der Waals surface area contributed by atoms with Gasteiger partial charge in [-0.2, -0.15) is 0 Å². The van der Waals surface area contributed by atoms with Crippen molar-refractivity contribution in [1.82, 2.24) is 0 Å². The summed E-state index contributed by atoms with van der Waals surface area (Å²) >= 11 is 11.3. The van der Waals surface area contributed by atoms with Gasteiger partial charge in [-0.15, -0.1) is 0 Å². The fourth-order valence-corrected chi connectivity index (χ4v) is 4.93. The maximum Gasteiger partial charge on any atom is 0.0403 e. The minimum Gasteiger partial charge on any atom is -0.388 e. The molecule has 1 aromatic carbocycles. The van der Waals surface area contributed by atoms with Crippen LogP contribution in [0.1, 0.15) is 36.3 Å². The van der Waals surface area contributed by atoms with Gasteiger partial charge in [-0.25, -0.2) is 0 Å². The van der Waals surface area contributed by atoms with Gasteiger partial charge in [0.25, 0.3) is 0 Å². The number of benzene rings is 1. The largest absolute Gasteiger partial charge is 0.388 e. The van der Waals surface area contributed by atoms with Crippen LogP contribution >= 0.6 is 47.8 Å². The average molecular weight is 440 g/mol. The molecule has 0 amide bonds. The summed E-state index contributed by atoms with van der Waals surface area (Å²) in [4.78, 5) is 1.08. The van der Waals surface area contributed by atoms with Crippen molar-refractivity contribution in [2.24, 2.45) is 0 Å². The summed E-state index contributed by atoms with van der Waals surface area (Å²) < 4.78 is 1.17. The zero-order chi connectivity index (χ0) is 13.3. The van der Waals surface area contributed by atoms with E-state index in [4.69, 9.17) is 0 Å². The minimum atomic E-state index is 0.507. The molecule has 2 rings (SSSR count). The lowest BCUT2D eigenvalue weighted by atomic mass is 9.82. The number of hydrogen-bond donors (Lipinski definition) is 1. The van der Waals surface area contributed by atoms with E-state index in [1.54, 1.807) is 0 Å². The number of hydrogen-bond acceptors (Lipinski definition) is 1. The summed E-state index contributed by atoms with van der Waals surface area (Å²) in [6.45, 7) is 2.16. The SMILES string of the molecule is CNc1c(C)cc(Br)cc1C1CCCC(Br)C1Br. The van der Waals surface area contributed by atoms with Crippen LogP contribution in [0.4, 0.5) is 5.69 Å². The summed E-state index contributed by atoms with van der Waals surface area (Å²) in [6, 6.07) is 4.44. The second-order valence-corrected chi connectivity index (χ2v) is 8.08. The van der Waals surface area contributed by atoms with Crippen LogP contribution in [-0.2, 0) is 0 Å². The Morgan fingerprint density at radius 2 is 1.94 bits per heavy atom. The van der Waals surface area contributed by atoms with Gasteiger partial charge in [0, 0.05) is 26.9 Å². The Hall–Kier alpha value is 0.460. The first-order valence-corrected chi connectivity index (χ1v) is 8.93. The Bertz CT molecular complexity index is 433. The summed E-state index contributed by atoms with van der Waals surface area (Å²) in [5, 5.41) is 3.37. The van der Waals surface area contributed by atoms with Crippen molar-refractivity contribution in [1.29, 1.82) is 0 Å². The lowest BCUT2D eigenvalue weighted by molar-refractivity contribution is 0.476. The highest BCUT2D eigenvalue weighted by atomic mass is 79.9. The molecule has 0 spiro atoms. The second kappa shape index (κ2) is 6.27. The average Bonchev–Trinajstić information content (AvgIpc) is 2.32. The Labute approximate surface area is 134 Å². The molecule has 0 bridgehead atoms. The Kier molecular flexibility index (Phi) is 5.18. The molecular formula is C14H18Br3N. The smallest absolute Gasteiger partial charge is 0.0403 e. The van der Waals surface area contributed by atoms with Crippen LogP contribution in [0.5, 0.6) is 0 Å². The molecule has 0 heterocycles. The monoisotopic (exact) mass is 437 g/mol. The molecule has 0 saturated heterocycles. The molecule has 3 unspecified atom stereocenters. The molecule has 18 heavy (non-hydrogen) atoms. The van der Waals surface area contributed by atoms with Crippen LogP contribution < -0.4 is 5.32 Å². The van der Waals surface area contributed by atoms with Gasteiger partial charge in [0.15, 0.2) is 0 Å². The molecule has 100 valence electrons. The van der Waals surface area contributed by atoms with Gasteiger partial charge < -0.3 is 5.32 Å². The van der Waals surface area contributed by atoms with E-state index in [0.717, 1.165) is 0 Å². The lowest BCUT2D eigenvalue weighted by Gasteiger charge is -2.33. The quantitative estimate of drug-likeness (QED) is 0.592. The lowest BCUT2D eigenvalue weighted by Crippen LogP contribution is -2.28. The van der Waals surface area contributed by atoms with Crippen LogP contribution in [0.2, 0.25) is 0 Å². The second-order valence-electron chi connectivity index (χ2n) is 4.93. The van der Waals surface area contributed by atoms with Gasteiger partial charge >= 0.3 is 0 Å². The molecule has 1 fully saturated rings. The van der Waals surface area contributed by atoms with Crippen LogP contribution in [0.15, 0.2) is 16.6 Å². The van der Waals surface area contributed by atoms with E-state index in [0.29, 0.717) is 15.6 Å². The normalized spacial score (nSPS) is 28.2. The molecule has 3 atom stereocenters. The molecule has 0 aromatic heterocycles. The van der Waals surface area contributed by atoms with Gasteiger partial charge in [-0.1, -0.05) is 54.2 Å². The first-order valence-electron chi connectivity index (χ1n) is 6.30. The van der Waals surface area contributed by atoms with Crippen molar-refractivity contribution in [2.75, 3.05) is 12.4 Å². The van der Waals surface area contributed by atoms with Crippen LogP contribution in [0.3, 0.4) is 0 Å². The van der Waals surface area contributed by atoms with E-state index in [1.807, 2.05) is 7.05 Å². The Morgan fingerprint density at radius 1 is 1.22 bits per heavy atom. The zero-order valence-corrected chi connectivity index (χ0v) is 15.4. The number of anilines is 1. The van der Waals surface area contributed by atoms with Crippen LogP contribution in [0, 0.1) is 6.92 Å². The number of rotatable bonds is 2. The third-order valence-corrected chi connectivity index (χ3v) is 7.18. The predicted octanol–water partition coefficient (Wildman–Crippen LogP) is 5.59.